The predicted octanol–water partition coefficient (Wildman–Crippen LogP) is 3.63. The lowest BCUT2D eigenvalue weighted by Gasteiger charge is -2.17. The van der Waals surface area contributed by atoms with E-state index in [-0.39, 0.29) is 6.04 Å². The zero-order valence-electron chi connectivity index (χ0n) is 10.3. The van der Waals surface area contributed by atoms with Gasteiger partial charge in [-0.2, -0.15) is 0 Å². The van der Waals surface area contributed by atoms with Gasteiger partial charge in [-0.3, -0.25) is 4.98 Å². The maximum atomic E-state index is 13.8. The summed E-state index contributed by atoms with van der Waals surface area (Å²) in [5.74, 6) is -1.11. The third-order valence-electron chi connectivity index (χ3n) is 2.89. The van der Waals surface area contributed by atoms with Crippen LogP contribution in [0.15, 0.2) is 41.1 Å². The minimum absolute atomic E-state index is 0.225. The molecule has 1 atom stereocenters. The first-order chi connectivity index (χ1) is 9.10. The summed E-state index contributed by atoms with van der Waals surface area (Å²) >= 11 is 3.35. The molecule has 0 radical (unpaired) electrons. The summed E-state index contributed by atoms with van der Waals surface area (Å²) in [5, 5.41) is 3.04. The number of hydrogen-bond donors (Lipinski definition) is 1. The smallest absolute Gasteiger partial charge is 0.130 e. The molecule has 100 valence electrons. The number of nitrogens with one attached hydrogen (secondary N) is 1. The molecule has 19 heavy (non-hydrogen) atoms. The Kier molecular flexibility index (Phi) is 4.61. The second-order valence-electron chi connectivity index (χ2n) is 4.22. The Hall–Kier alpha value is -1.33. The van der Waals surface area contributed by atoms with E-state index in [1.54, 1.807) is 19.4 Å². The number of hydrogen-bond acceptors (Lipinski definition) is 2. The Morgan fingerprint density at radius 2 is 2.05 bits per heavy atom. The van der Waals surface area contributed by atoms with Gasteiger partial charge in [-0.05, 0) is 47.1 Å². The fourth-order valence-electron chi connectivity index (χ4n) is 1.95. The van der Waals surface area contributed by atoms with Crippen LogP contribution in [0, 0.1) is 11.6 Å². The Bertz CT molecular complexity index is 575. The molecular weight excluding hydrogens is 314 g/mol. The fourth-order valence-corrected chi connectivity index (χ4v) is 2.37. The first-order valence-corrected chi connectivity index (χ1v) is 6.61. The maximum absolute atomic E-state index is 13.8. The van der Waals surface area contributed by atoms with E-state index in [2.05, 4.69) is 26.2 Å². The molecule has 1 aromatic heterocycles. The third kappa shape index (κ3) is 3.58. The van der Waals surface area contributed by atoms with Crippen LogP contribution in [-0.2, 0) is 6.42 Å². The van der Waals surface area contributed by atoms with E-state index in [9.17, 15) is 8.78 Å². The normalized spacial score (nSPS) is 12.4. The van der Waals surface area contributed by atoms with E-state index in [4.69, 9.17) is 0 Å². The molecule has 1 unspecified atom stereocenters. The van der Waals surface area contributed by atoms with Crippen LogP contribution in [0.25, 0.3) is 0 Å². The van der Waals surface area contributed by atoms with E-state index in [1.165, 1.54) is 12.1 Å². The average Bonchev–Trinajstić information content (AvgIpc) is 2.37. The molecule has 0 aliphatic rings. The lowest BCUT2D eigenvalue weighted by atomic mass is 9.99. The van der Waals surface area contributed by atoms with Crippen LogP contribution in [0.2, 0.25) is 0 Å². The standard InChI is InChI=1S/C14H13BrF2N2/c1-18-14(5-9-4-10(15)8-19-7-9)12-3-2-11(16)6-13(12)17/h2-4,6-8,14,18H,5H2,1H3. The molecule has 0 aliphatic carbocycles. The molecule has 2 aromatic rings. The highest BCUT2D eigenvalue weighted by Crippen LogP contribution is 2.22. The number of benzene rings is 1. The van der Waals surface area contributed by atoms with Gasteiger partial charge < -0.3 is 5.32 Å². The van der Waals surface area contributed by atoms with Gasteiger partial charge >= 0.3 is 0 Å². The van der Waals surface area contributed by atoms with Crippen molar-refractivity contribution in [2.75, 3.05) is 7.05 Å². The van der Waals surface area contributed by atoms with Gasteiger partial charge in [-0.1, -0.05) is 6.07 Å². The van der Waals surface area contributed by atoms with Crippen molar-refractivity contribution in [1.29, 1.82) is 0 Å². The topological polar surface area (TPSA) is 24.9 Å². The summed E-state index contributed by atoms with van der Waals surface area (Å²) in [7, 11) is 1.75. The predicted molar refractivity (Wildman–Crippen MR) is 73.8 cm³/mol. The van der Waals surface area contributed by atoms with Gasteiger partial charge in [-0.25, -0.2) is 8.78 Å². The molecule has 0 fully saturated rings. The van der Waals surface area contributed by atoms with Gasteiger partial charge in [0.25, 0.3) is 0 Å². The van der Waals surface area contributed by atoms with Crippen LogP contribution in [0.3, 0.4) is 0 Å². The first-order valence-electron chi connectivity index (χ1n) is 5.82. The molecule has 2 rings (SSSR count). The quantitative estimate of drug-likeness (QED) is 0.928. The lowest BCUT2D eigenvalue weighted by molar-refractivity contribution is 0.521. The van der Waals surface area contributed by atoms with Crippen molar-refractivity contribution >= 4 is 15.9 Å². The summed E-state index contributed by atoms with van der Waals surface area (Å²) in [5.41, 5.74) is 1.42. The molecule has 5 heteroatoms. The van der Waals surface area contributed by atoms with Crippen molar-refractivity contribution < 1.29 is 8.78 Å². The molecular formula is C14H13BrF2N2. The van der Waals surface area contributed by atoms with E-state index in [0.29, 0.717) is 12.0 Å². The highest BCUT2D eigenvalue weighted by atomic mass is 79.9. The van der Waals surface area contributed by atoms with Gasteiger partial charge in [-0.15, -0.1) is 0 Å². The molecule has 0 saturated carbocycles. The van der Waals surface area contributed by atoms with Crippen LogP contribution < -0.4 is 5.32 Å². The van der Waals surface area contributed by atoms with Crippen LogP contribution in [0.5, 0.6) is 0 Å². The van der Waals surface area contributed by atoms with Crippen molar-refractivity contribution in [2.24, 2.45) is 0 Å². The van der Waals surface area contributed by atoms with Crippen LogP contribution >= 0.6 is 15.9 Å². The van der Waals surface area contributed by atoms with Gasteiger partial charge in [0, 0.05) is 34.5 Å². The Morgan fingerprint density at radius 3 is 2.68 bits per heavy atom. The first kappa shape index (κ1) is 14.1. The molecule has 2 nitrogen and oxygen atoms in total. The monoisotopic (exact) mass is 326 g/mol. The molecule has 0 aliphatic heterocycles. The SMILES string of the molecule is CNC(Cc1cncc(Br)c1)c1ccc(F)cc1F. The largest absolute Gasteiger partial charge is 0.313 e. The molecule has 0 saturated heterocycles. The van der Waals surface area contributed by atoms with Gasteiger partial charge in [0.05, 0.1) is 0 Å². The minimum atomic E-state index is -0.569. The van der Waals surface area contributed by atoms with Crippen LogP contribution in [-0.4, -0.2) is 12.0 Å². The summed E-state index contributed by atoms with van der Waals surface area (Å²) < 4.78 is 27.6. The zero-order valence-corrected chi connectivity index (χ0v) is 11.9. The summed E-state index contributed by atoms with van der Waals surface area (Å²) in [6, 6.07) is 5.34. The van der Waals surface area contributed by atoms with Crippen LogP contribution in [0.1, 0.15) is 17.2 Å². The maximum Gasteiger partial charge on any atom is 0.130 e. The van der Waals surface area contributed by atoms with Crippen LogP contribution in [0.4, 0.5) is 8.78 Å². The fraction of sp³-hybridized carbons (Fsp3) is 0.214. The highest BCUT2D eigenvalue weighted by molar-refractivity contribution is 9.10. The number of halogens is 3. The number of nitrogens with zero attached hydrogens (tertiary/aromatic N) is 1. The molecule has 1 heterocycles. The zero-order chi connectivity index (χ0) is 13.8. The lowest BCUT2D eigenvalue weighted by Crippen LogP contribution is -2.20. The van der Waals surface area contributed by atoms with Gasteiger partial charge in [0.2, 0.25) is 0 Å². The van der Waals surface area contributed by atoms with Crippen molar-refractivity contribution in [2.45, 2.75) is 12.5 Å². The van der Waals surface area contributed by atoms with Gasteiger partial charge in [0.1, 0.15) is 11.6 Å². The highest BCUT2D eigenvalue weighted by Gasteiger charge is 2.15. The number of aromatic nitrogens is 1. The third-order valence-corrected chi connectivity index (χ3v) is 3.32. The summed E-state index contributed by atoms with van der Waals surface area (Å²) in [4.78, 5) is 4.07. The number of likely N-dealkylation sites (N-methyl/N-ethyl adjacent to an activating group) is 1. The van der Waals surface area contributed by atoms with E-state index in [0.717, 1.165) is 16.1 Å². The van der Waals surface area contributed by atoms with Crippen molar-refractivity contribution in [3.8, 4) is 0 Å². The number of rotatable bonds is 4. The van der Waals surface area contributed by atoms with E-state index in [1.807, 2.05) is 6.07 Å². The average molecular weight is 327 g/mol. The molecule has 1 N–H and O–H groups in total. The van der Waals surface area contributed by atoms with Crippen molar-refractivity contribution in [1.82, 2.24) is 10.3 Å². The molecule has 0 amide bonds. The van der Waals surface area contributed by atoms with E-state index < -0.39 is 11.6 Å². The van der Waals surface area contributed by atoms with Crippen molar-refractivity contribution in [3.05, 3.63) is 63.9 Å². The van der Waals surface area contributed by atoms with Gasteiger partial charge in [0.15, 0.2) is 0 Å². The molecule has 0 bridgehead atoms. The van der Waals surface area contributed by atoms with E-state index >= 15 is 0 Å². The van der Waals surface area contributed by atoms with Crippen molar-refractivity contribution in [3.63, 3.8) is 0 Å². The Morgan fingerprint density at radius 1 is 1.26 bits per heavy atom. The number of pyridine rings is 1. The second kappa shape index (κ2) is 6.21. The summed E-state index contributed by atoms with van der Waals surface area (Å²) in [6.07, 6.45) is 4.00. The second-order valence-corrected chi connectivity index (χ2v) is 5.14. The Labute approximate surface area is 119 Å². The molecule has 1 aromatic carbocycles. The molecule has 0 spiro atoms. The summed E-state index contributed by atoms with van der Waals surface area (Å²) in [6.45, 7) is 0. The Balaban J connectivity index is 2.25. The minimum Gasteiger partial charge on any atom is -0.313 e.